The number of ether oxygens (including phenoxy) is 2. The van der Waals surface area contributed by atoms with E-state index in [-0.39, 0.29) is 12.2 Å². The highest BCUT2D eigenvalue weighted by atomic mass is 16.7. The lowest BCUT2D eigenvalue weighted by Crippen LogP contribution is -2.52. The SMILES string of the molecule is CCN(CC)C(C)(OC(C)C)OC(C)C. The van der Waals surface area contributed by atoms with Crippen molar-refractivity contribution in [1.82, 2.24) is 4.90 Å². The van der Waals surface area contributed by atoms with Gasteiger partial charge in [0.1, 0.15) is 0 Å². The second-order valence-electron chi connectivity index (χ2n) is 4.40. The van der Waals surface area contributed by atoms with Crippen LogP contribution in [-0.4, -0.2) is 36.1 Å². The van der Waals surface area contributed by atoms with Gasteiger partial charge in [-0.15, -0.1) is 0 Å². The summed E-state index contributed by atoms with van der Waals surface area (Å²) in [5.74, 6) is -0.605. The molecule has 0 unspecified atom stereocenters. The maximum Gasteiger partial charge on any atom is 0.227 e. The highest BCUT2D eigenvalue weighted by Crippen LogP contribution is 2.22. The van der Waals surface area contributed by atoms with Crippen LogP contribution in [-0.2, 0) is 9.47 Å². The summed E-state index contributed by atoms with van der Waals surface area (Å²) in [4.78, 5) is 2.19. The van der Waals surface area contributed by atoms with Crippen LogP contribution in [0.3, 0.4) is 0 Å². The van der Waals surface area contributed by atoms with Gasteiger partial charge in [0.2, 0.25) is 5.91 Å². The van der Waals surface area contributed by atoms with Crippen LogP contribution in [0, 0.1) is 0 Å². The zero-order valence-electron chi connectivity index (χ0n) is 11.3. The summed E-state index contributed by atoms with van der Waals surface area (Å²) in [6.45, 7) is 16.2. The summed E-state index contributed by atoms with van der Waals surface area (Å²) in [6, 6.07) is 0. The van der Waals surface area contributed by atoms with Crippen LogP contribution in [0.1, 0.15) is 48.5 Å². The fourth-order valence-electron chi connectivity index (χ4n) is 1.85. The lowest BCUT2D eigenvalue weighted by molar-refractivity contribution is -0.330. The summed E-state index contributed by atoms with van der Waals surface area (Å²) < 4.78 is 11.8. The van der Waals surface area contributed by atoms with Gasteiger partial charge in [0.15, 0.2) is 0 Å². The van der Waals surface area contributed by atoms with E-state index < -0.39 is 5.91 Å². The zero-order valence-corrected chi connectivity index (χ0v) is 11.3. The monoisotopic (exact) mass is 217 g/mol. The average Bonchev–Trinajstić information content (AvgIpc) is 2.01. The molecule has 0 aromatic heterocycles. The minimum absolute atomic E-state index is 0.161. The largest absolute Gasteiger partial charge is 0.335 e. The van der Waals surface area contributed by atoms with Gasteiger partial charge in [0.25, 0.3) is 0 Å². The lowest BCUT2D eigenvalue weighted by Gasteiger charge is -2.41. The number of hydrogen-bond acceptors (Lipinski definition) is 3. The Morgan fingerprint density at radius 2 is 1.27 bits per heavy atom. The number of hydrogen-bond donors (Lipinski definition) is 0. The van der Waals surface area contributed by atoms with Crippen molar-refractivity contribution in [2.24, 2.45) is 0 Å². The van der Waals surface area contributed by atoms with E-state index >= 15 is 0 Å². The van der Waals surface area contributed by atoms with Crippen molar-refractivity contribution in [2.45, 2.75) is 66.6 Å². The van der Waals surface area contributed by atoms with Gasteiger partial charge in [-0.1, -0.05) is 13.8 Å². The quantitative estimate of drug-likeness (QED) is 0.612. The third kappa shape index (κ3) is 4.96. The normalized spacial score (nSPS) is 13.2. The molecule has 0 amide bonds. The van der Waals surface area contributed by atoms with Crippen LogP contribution in [0.4, 0.5) is 0 Å². The summed E-state index contributed by atoms with van der Waals surface area (Å²) in [7, 11) is 0. The average molecular weight is 217 g/mol. The second kappa shape index (κ2) is 6.46. The van der Waals surface area contributed by atoms with Gasteiger partial charge in [-0.25, -0.2) is 0 Å². The molecule has 0 atom stereocenters. The molecule has 0 bridgehead atoms. The minimum Gasteiger partial charge on any atom is -0.335 e. The standard InChI is InChI=1S/C12H27NO2/c1-8-13(9-2)12(7,14-10(3)4)15-11(5)6/h10-11H,8-9H2,1-7H3. The minimum atomic E-state index is -0.605. The van der Waals surface area contributed by atoms with Gasteiger partial charge in [-0.2, -0.15) is 0 Å². The van der Waals surface area contributed by atoms with E-state index in [2.05, 4.69) is 18.7 Å². The Labute approximate surface area is 94.7 Å². The molecule has 0 aromatic carbocycles. The second-order valence-corrected chi connectivity index (χ2v) is 4.40. The van der Waals surface area contributed by atoms with Crippen LogP contribution in [0.2, 0.25) is 0 Å². The van der Waals surface area contributed by atoms with Crippen LogP contribution >= 0.6 is 0 Å². The highest BCUT2D eigenvalue weighted by Gasteiger charge is 2.34. The smallest absolute Gasteiger partial charge is 0.227 e. The van der Waals surface area contributed by atoms with E-state index in [0.717, 1.165) is 13.1 Å². The Morgan fingerprint density at radius 3 is 1.47 bits per heavy atom. The zero-order chi connectivity index (χ0) is 12.1. The van der Waals surface area contributed by atoms with Gasteiger partial charge < -0.3 is 9.47 Å². The molecule has 0 spiro atoms. The van der Waals surface area contributed by atoms with Crippen molar-refractivity contribution in [1.29, 1.82) is 0 Å². The molecule has 92 valence electrons. The molecule has 0 aliphatic carbocycles. The third-order valence-corrected chi connectivity index (χ3v) is 2.25. The first-order valence-corrected chi connectivity index (χ1v) is 5.96. The first kappa shape index (κ1) is 14.9. The molecular weight excluding hydrogens is 190 g/mol. The fraction of sp³-hybridized carbons (Fsp3) is 1.00. The van der Waals surface area contributed by atoms with E-state index in [0.29, 0.717) is 0 Å². The Balaban J connectivity index is 4.65. The van der Waals surface area contributed by atoms with Crippen molar-refractivity contribution in [3.05, 3.63) is 0 Å². The van der Waals surface area contributed by atoms with Crippen molar-refractivity contribution in [3.63, 3.8) is 0 Å². The summed E-state index contributed by atoms with van der Waals surface area (Å²) in [5, 5.41) is 0. The fourth-order valence-corrected chi connectivity index (χ4v) is 1.85. The maximum atomic E-state index is 5.90. The van der Waals surface area contributed by atoms with Gasteiger partial charge in [0, 0.05) is 20.0 Å². The first-order valence-electron chi connectivity index (χ1n) is 5.96. The third-order valence-electron chi connectivity index (χ3n) is 2.25. The Bertz CT molecular complexity index is 155. The van der Waals surface area contributed by atoms with Gasteiger partial charge in [-0.3, -0.25) is 4.90 Å². The number of rotatable bonds is 7. The molecule has 0 aliphatic heterocycles. The highest BCUT2D eigenvalue weighted by molar-refractivity contribution is 4.67. The van der Waals surface area contributed by atoms with E-state index in [1.54, 1.807) is 0 Å². The molecule has 3 heteroatoms. The van der Waals surface area contributed by atoms with Crippen LogP contribution in [0.25, 0.3) is 0 Å². The van der Waals surface area contributed by atoms with Crippen molar-refractivity contribution in [2.75, 3.05) is 13.1 Å². The molecule has 0 heterocycles. The van der Waals surface area contributed by atoms with Crippen molar-refractivity contribution >= 4 is 0 Å². The lowest BCUT2D eigenvalue weighted by atomic mass is 10.3. The molecule has 0 aliphatic rings. The van der Waals surface area contributed by atoms with Crippen LogP contribution in [0.5, 0.6) is 0 Å². The maximum absolute atomic E-state index is 5.90. The molecule has 0 N–H and O–H groups in total. The van der Waals surface area contributed by atoms with E-state index in [1.807, 2.05) is 34.6 Å². The Kier molecular flexibility index (Phi) is 6.41. The predicted molar refractivity (Wildman–Crippen MR) is 63.8 cm³/mol. The summed E-state index contributed by atoms with van der Waals surface area (Å²) >= 11 is 0. The van der Waals surface area contributed by atoms with Gasteiger partial charge in [-0.05, 0) is 27.7 Å². The predicted octanol–water partition coefficient (Wildman–Crippen LogP) is 2.85. The topological polar surface area (TPSA) is 21.7 Å². The molecular formula is C12H27NO2. The molecule has 0 rings (SSSR count). The van der Waals surface area contributed by atoms with Crippen molar-refractivity contribution in [3.8, 4) is 0 Å². The molecule has 15 heavy (non-hydrogen) atoms. The summed E-state index contributed by atoms with van der Waals surface area (Å²) in [5.41, 5.74) is 0. The molecule has 0 fully saturated rings. The molecule has 3 nitrogen and oxygen atoms in total. The Morgan fingerprint density at radius 1 is 0.933 bits per heavy atom. The van der Waals surface area contributed by atoms with Crippen LogP contribution in [0.15, 0.2) is 0 Å². The first-order chi connectivity index (χ1) is 6.85. The molecule has 0 aromatic rings. The number of nitrogens with zero attached hydrogens (tertiary/aromatic N) is 1. The van der Waals surface area contributed by atoms with Gasteiger partial charge >= 0.3 is 0 Å². The van der Waals surface area contributed by atoms with Crippen LogP contribution < -0.4 is 0 Å². The molecule has 0 saturated carbocycles. The van der Waals surface area contributed by atoms with Crippen molar-refractivity contribution < 1.29 is 9.47 Å². The van der Waals surface area contributed by atoms with E-state index in [9.17, 15) is 0 Å². The molecule has 0 radical (unpaired) electrons. The van der Waals surface area contributed by atoms with E-state index in [1.165, 1.54) is 0 Å². The summed E-state index contributed by atoms with van der Waals surface area (Å²) in [6.07, 6.45) is 0.323. The van der Waals surface area contributed by atoms with Gasteiger partial charge in [0.05, 0.1) is 12.2 Å². The Hall–Kier alpha value is -0.120. The molecule has 0 saturated heterocycles. The van der Waals surface area contributed by atoms with E-state index in [4.69, 9.17) is 9.47 Å².